The Balaban J connectivity index is 2.33. The van der Waals surface area contributed by atoms with Gasteiger partial charge in [0.1, 0.15) is 16.2 Å². The molecule has 0 unspecified atom stereocenters. The summed E-state index contributed by atoms with van der Waals surface area (Å²) in [4.78, 5) is 4.64. The molecule has 0 fully saturated rings. The van der Waals surface area contributed by atoms with Crippen LogP contribution in [-0.2, 0) is 0 Å². The van der Waals surface area contributed by atoms with E-state index in [0.29, 0.717) is 0 Å². The molecule has 3 rings (SSSR count). The number of pyridine rings is 1. The summed E-state index contributed by atoms with van der Waals surface area (Å²) in [6, 6.07) is 10.2. The number of aromatic nitrogens is 2. The van der Waals surface area contributed by atoms with E-state index >= 15 is 0 Å². The molecular formula is C16H15BrN2O. The number of aryl methyl sites for hydroxylation is 2. The number of hydrogen-bond acceptors (Lipinski definition) is 2. The van der Waals surface area contributed by atoms with Crippen molar-refractivity contribution in [1.29, 1.82) is 0 Å². The minimum atomic E-state index is 0.841. The first-order valence-corrected chi connectivity index (χ1v) is 7.19. The van der Waals surface area contributed by atoms with E-state index in [0.717, 1.165) is 27.3 Å². The molecule has 4 heteroatoms. The Kier molecular flexibility index (Phi) is 3.26. The van der Waals surface area contributed by atoms with Gasteiger partial charge in [-0.1, -0.05) is 6.07 Å². The fourth-order valence-corrected chi connectivity index (χ4v) is 2.81. The van der Waals surface area contributed by atoms with Gasteiger partial charge in [-0.2, -0.15) is 0 Å². The van der Waals surface area contributed by atoms with Crippen LogP contribution < -0.4 is 4.74 Å². The summed E-state index contributed by atoms with van der Waals surface area (Å²) in [6.07, 6.45) is 2.01. The van der Waals surface area contributed by atoms with Crippen LogP contribution in [0.1, 0.15) is 11.1 Å². The molecule has 0 aliphatic heterocycles. The van der Waals surface area contributed by atoms with Gasteiger partial charge in [0.25, 0.3) is 0 Å². The molecule has 0 aliphatic rings. The monoisotopic (exact) mass is 330 g/mol. The molecule has 2 heterocycles. The maximum Gasteiger partial charge on any atom is 0.149 e. The molecule has 0 amide bonds. The Morgan fingerprint density at radius 3 is 2.65 bits per heavy atom. The molecule has 3 nitrogen and oxygen atoms in total. The molecular weight excluding hydrogens is 316 g/mol. The summed E-state index contributed by atoms with van der Waals surface area (Å²) in [5.41, 5.74) is 4.49. The van der Waals surface area contributed by atoms with Crippen molar-refractivity contribution < 1.29 is 4.74 Å². The van der Waals surface area contributed by atoms with Crippen molar-refractivity contribution in [2.45, 2.75) is 13.8 Å². The molecule has 0 bridgehead atoms. The summed E-state index contributed by atoms with van der Waals surface area (Å²) in [5.74, 6) is 1.73. The zero-order valence-electron chi connectivity index (χ0n) is 11.6. The molecule has 0 aliphatic carbocycles. The van der Waals surface area contributed by atoms with E-state index in [4.69, 9.17) is 4.74 Å². The Labute approximate surface area is 126 Å². The van der Waals surface area contributed by atoms with Crippen molar-refractivity contribution in [1.82, 2.24) is 9.38 Å². The van der Waals surface area contributed by atoms with Crippen LogP contribution in [0, 0.1) is 13.8 Å². The van der Waals surface area contributed by atoms with Gasteiger partial charge in [-0.25, -0.2) is 4.98 Å². The number of methoxy groups -OCH3 is 1. The molecule has 0 saturated heterocycles. The van der Waals surface area contributed by atoms with E-state index in [9.17, 15) is 0 Å². The second-order valence-electron chi connectivity index (χ2n) is 4.82. The molecule has 0 spiro atoms. The molecule has 20 heavy (non-hydrogen) atoms. The van der Waals surface area contributed by atoms with Gasteiger partial charge < -0.3 is 4.74 Å². The first-order chi connectivity index (χ1) is 9.61. The zero-order valence-corrected chi connectivity index (χ0v) is 13.2. The van der Waals surface area contributed by atoms with Crippen LogP contribution >= 0.6 is 15.9 Å². The van der Waals surface area contributed by atoms with Crippen LogP contribution in [0.4, 0.5) is 0 Å². The first-order valence-electron chi connectivity index (χ1n) is 6.40. The lowest BCUT2D eigenvalue weighted by Gasteiger charge is -2.11. The van der Waals surface area contributed by atoms with E-state index in [1.807, 2.05) is 24.4 Å². The number of halogens is 1. The third-order valence-corrected chi connectivity index (χ3v) is 4.14. The number of hydrogen-bond donors (Lipinski definition) is 0. The number of benzene rings is 1. The van der Waals surface area contributed by atoms with Gasteiger partial charge in [0, 0.05) is 6.20 Å². The van der Waals surface area contributed by atoms with E-state index in [2.05, 4.69) is 51.3 Å². The third kappa shape index (κ3) is 2.00. The Morgan fingerprint density at radius 1 is 1.15 bits per heavy atom. The van der Waals surface area contributed by atoms with Gasteiger partial charge in [0.05, 0.1) is 18.2 Å². The average molecular weight is 331 g/mol. The van der Waals surface area contributed by atoms with Gasteiger partial charge in [-0.15, -0.1) is 0 Å². The van der Waals surface area contributed by atoms with Crippen LogP contribution in [-0.4, -0.2) is 16.5 Å². The van der Waals surface area contributed by atoms with Gasteiger partial charge >= 0.3 is 0 Å². The van der Waals surface area contributed by atoms with Crippen LogP contribution in [0.5, 0.6) is 5.75 Å². The molecule has 0 atom stereocenters. The number of nitrogens with zero attached hydrogens (tertiary/aromatic N) is 2. The van der Waals surface area contributed by atoms with E-state index in [-0.39, 0.29) is 0 Å². The highest BCUT2D eigenvalue weighted by Crippen LogP contribution is 2.34. The molecule has 102 valence electrons. The molecule has 0 radical (unpaired) electrons. The minimum Gasteiger partial charge on any atom is -0.496 e. The van der Waals surface area contributed by atoms with E-state index in [1.165, 1.54) is 11.1 Å². The topological polar surface area (TPSA) is 26.5 Å². The molecule has 0 saturated carbocycles. The van der Waals surface area contributed by atoms with Gasteiger partial charge in [0.15, 0.2) is 0 Å². The van der Waals surface area contributed by atoms with Gasteiger partial charge in [-0.05, 0) is 65.2 Å². The maximum absolute atomic E-state index is 5.53. The van der Waals surface area contributed by atoms with Crippen molar-refractivity contribution >= 4 is 21.4 Å². The molecule has 0 N–H and O–H groups in total. The third-order valence-electron chi connectivity index (χ3n) is 3.56. The van der Waals surface area contributed by atoms with Crippen LogP contribution in [0.3, 0.4) is 0 Å². The van der Waals surface area contributed by atoms with Crippen LogP contribution in [0.25, 0.3) is 16.9 Å². The van der Waals surface area contributed by atoms with Crippen molar-refractivity contribution in [3.63, 3.8) is 0 Å². The lowest BCUT2D eigenvalue weighted by molar-refractivity contribution is 0.415. The van der Waals surface area contributed by atoms with Crippen LogP contribution in [0.15, 0.2) is 41.1 Å². The largest absolute Gasteiger partial charge is 0.496 e. The van der Waals surface area contributed by atoms with Crippen molar-refractivity contribution in [3.8, 4) is 17.1 Å². The smallest absolute Gasteiger partial charge is 0.149 e. The fourth-order valence-electron chi connectivity index (χ4n) is 2.32. The Bertz CT molecular complexity index is 793. The standard InChI is InChI=1S/C16H15BrN2O/c1-10-8-12(14(20-3)9-11(10)2)16-18-15(17)13-6-4-5-7-19(13)16/h4-9H,1-3H3. The first kappa shape index (κ1) is 13.2. The minimum absolute atomic E-state index is 0.841. The normalized spacial score (nSPS) is 11.0. The molecule has 1 aromatic carbocycles. The molecule has 3 aromatic rings. The second-order valence-corrected chi connectivity index (χ2v) is 5.57. The van der Waals surface area contributed by atoms with Crippen molar-refractivity contribution in [3.05, 3.63) is 52.3 Å². The van der Waals surface area contributed by atoms with E-state index < -0.39 is 0 Å². The van der Waals surface area contributed by atoms with Crippen molar-refractivity contribution in [2.75, 3.05) is 7.11 Å². The number of fused-ring (bicyclic) bond motifs is 1. The second kappa shape index (κ2) is 4.94. The SMILES string of the molecule is COc1cc(C)c(C)cc1-c1nc(Br)c2ccccn12. The molecule has 2 aromatic heterocycles. The lowest BCUT2D eigenvalue weighted by atomic mass is 10.0. The quantitative estimate of drug-likeness (QED) is 0.696. The summed E-state index contributed by atoms with van der Waals surface area (Å²) in [5, 5.41) is 0. The van der Waals surface area contributed by atoms with Gasteiger partial charge in [0.2, 0.25) is 0 Å². The van der Waals surface area contributed by atoms with Gasteiger partial charge in [-0.3, -0.25) is 4.40 Å². The fraction of sp³-hybridized carbons (Fsp3) is 0.188. The predicted molar refractivity (Wildman–Crippen MR) is 84.4 cm³/mol. The maximum atomic E-state index is 5.53. The van der Waals surface area contributed by atoms with E-state index in [1.54, 1.807) is 7.11 Å². The number of imidazole rings is 1. The highest BCUT2D eigenvalue weighted by atomic mass is 79.9. The summed E-state index contributed by atoms with van der Waals surface area (Å²) < 4.78 is 8.43. The summed E-state index contributed by atoms with van der Waals surface area (Å²) >= 11 is 3.52. The Morgan fingerprint density at radius 2 is 1.90 bits per heavy atom. The summed E-state index contributed by atoms with van der Waals surface area (Å²) in [7, 11) is 1.69. The Hall–Kier alpha value is -1.81. The average Bonchev–Trinajstić information content (AvgIpc) is 2.79. The lowest BCUT2D eigenvalue weighted by Crippen LogP contribution is -1.95. The number of ether oxygens (including phenoxy) is 1. The predicted octanol–water partition coefficient (Wildman–Crippen LogP) is 4.39. The highest BCUT2D eigenvalue weighted by molar-refractivity contribution is 9.10. The van der Waals surface area contributed by atoms with Crippen molar-refractivity contribution in [2.24, 2.45) is 0 Å². The summed E-state index contributed by atoms with van der Waals surface area (Å²) in [6.45, 7) is 4.18. The number of rotatable bonds is 2. The van der Waals surface area contributed by atoms with Crippen LogP contribution in [0.2, 0.25) is 0 Å². The highest BCUT2D eigenvalue weighted by Gasteiger charge is 2.15. The zero-order chi connectivity index (χ0) is 14.3.